The lowest BCUT2D eigenvalue weighted by Crippen LogP contribution is -2.59. The van der Waals surface area contributed by atoms with E-state index in [1.165, 1.54) is 25.1 Å². The molecule has 0 bridgehead atoms. The van der Waals surface area contributed by atoms with Crippen LogP contribution in [0.5, 0.6) is 11.5 Å². The molecule has 1 aromatic heterocycles. The minimum atomic E-state index is -4.91. The zero-order chi connectivity index (χ0) is 41.7. The molecule has 1 unspecified atom stereocenters. The first-order valence-corrected chi connectivity index (χ1v) is 20.5. The molecule has 0 radical (unpaired) electrons. The van der Waals surface area contributed by atoms with E-state index in [1.807, 2.05) is 13.0 Å². The number of benzene rings is 1. The molecule has 2 aliphatic carbocycles. The van der Waals surface area contributed by atoms with E-state index < -0.39 is 85.9 Å². The molecule has 0 spiro atoms. The lowest BCUT2D eigenvalue weighted by molar-refractivity contribution is -0.244. The second-order valence-electron chi connectivity index (χ2n) is 16.6. The van der Waals surface area contributed by atoms with Crippen molar-refractivity contribution < 1.29 is 55.0 Å². The third-order valence-corrected chi connectivity index (χ3v) is 13.8. The number of allylic oxidation sites excluding steroid dienone is 1. The smallest absolute Gasteiger partial charge is 0.427 e. The maximum Gasteiger partial charge on any atom is 0.427 e. The second-order valence-corrected chi connectivity index (χ2v) is 18.8. The Kier molecular flexibility index (Phi) is 11.2. The molecule has 1 aromatic carbocycles. The summed E-state index contributed by atoms with van der Waals surface area (Å²) < 4.78 is 85.0. The van der Waals surface area contributed by atoms with E-state index in [-0.39, 0.29) is 31.1 Å². The molecular formula is C38H49F3N6O9S. The number of alkyl carbamates (subject to hydrolysis) is 1. The third kappa shape index (κ3) is 8.62. The summed E-state index contributed by atoms with van der Waals surface area (Å²) >= 11 is 0. The van der Waals surface area contributed by atoms with Crippen LogP contribution in [0.4, 0.5) is 18.0 Å². The highest BCUT2D eigenvalue weighted by molar-refractivity contribution is 7.91. The van der Waals surface area contributed by atoms with Crippen molar-refractivity contribution in [1.82, 2.24) is 30.5 Å². The van der Waals surface area contributed by atoms with Gasteiger partial charge in [0.05, 0.1) is 24.6 Å². The van der Waals surface area contributed by atoms with Gasteiger partial charge in [-0.05, 0) is 83.3 Å². The quantitative estimate of drug-likeness (QED) is 0.321. The van der Waals surface area contributed by atoms with E-state index in [1.54, 1.807) is 31.2 Å². The Morgan fingerprint density at radius 1 is 1.11 bits per heavy atom. The highest BCUT2D eigenvalue weighted by Gasteiger charge is 2.63. The van der Waals surface area contributed by atoms with Crippen molar-refractivity contribution in [3.05, 3.63) is 36.5 Å². The van der Waals surface area contributed by atoms with Gasteiger partial charge in [-0.3, -0.25) is 19.1 Å². The van der Waals surface area contributed by atoms with Crippen LogP contribution in [0.3, 0.4) is 0 Å². The molecule has 2 aliphatic heterocycles. The first-order valence-electron chi connectivity index (χ1n) is 19.0. The maximum atomic E-state index is 14.7. The number of hydrogen-bond donors (Lipinski definition) is 3. The Labute approximate surface area is 328 Å². The number of methoxy groups -OCH3 is 1. The number of hydrogen-bond acceptors (Lipinski definition) is 11. The average molecular weight is 823 g/mol. The molecule has 57 heavy (non-hydrogen) atoms. The van der Waals surface area contributed by atoms with Gasteiger partial charge >= 0.3 is 12.3 Å². The Balaban J connectivity index is 1.35. The molecule has 19 heteroatoms. The number of nitrogens with one attached hydrogen (secondary N) is 3. The highest BCUT2D eigenvalue weighted by atomic mass is 32.2. The maximum absolute atomic E-state index is 14.7. The summed E-state index contributed by atoms with van der Waals surface area (Å²) in [6, 6.07) is 2.29. The SMILES string of the molecule is COc1ccc2c(O[C@@H]3C[C@H]4C(=O)N[C@]5(C(=O)NS(=O)(=O)C6(C)CC6)CC5/C=C\CC[C@@H](C)C[C@@H](C)[C@H](NC(=O)OC(C)(C)C(F)(F)F)C(=O)N4C3)cnnc2c1. The number of sulfonamides is 1. The summed E-state index contributed by atoms with van der Waals surface area (Å²) in [7, 11) is -2.58. The summed E-state index contributed by atoms with van der Waals surface area (Å²) in [5.74, 6) is -2.90. The molecule has 4 amide bonds. The molecule has 1 saturated heterocycles. The number of aromatic nitrogens is 2. The van der Waals surface area contributed by atoms with Crippen molar-refractivity contribution in [1.29, 1.82) is 0 Å². The molecule has 2 saturated carbocycles. The van der Waals surface area contributed by atoms with Crippen molar-refractivity contribution in [3.8, 4) is 11.5 Å². The fourth-order valence-electron chi connectivity index (χ4n) is 7.46. The molecule has 15 nitrogen and oxygen atoms in total. The topological polar surface area (TPSA) is 195 Å². The van der Waals surface area contributed by atoms with Gasteiger partial charge < -0.3 is 29.7 Å². The Morgan fingerprint density at radius 3 is 2.49 bits per heavy atom. The van der Waals surface area contributed by atoms with E-state index in [2.05, 4.69) is 25.6 Å². The Morgan fingerprint density at radius 2 is 1.82 bits per heavy atom. The predicted octanol–water partition coefficient (Wildman–Crippen LogP) is 4.31. The average Bonchev–Trinajstić information content (AvgIpc) is 4.01. The van der Waals surface area contributed by atoms with Crippen LogP contribution in [0.1, 0.15) is 79.6 Å². The van der Waals surface area contributed by atoms with Crippen molar-refractivity contribution in [3.63, 3.8) is 0 Å². The number of nitrogens with zero attached hydrogens (tertiary/aromatic N) is 3. The molecule has 3 heterocycles. The van der Waals surface area contributed by atoms with Crippen LogP contribution in [0.15, 0.2) is 36.5 Å². The Hall–Kier alpha value is -4.68. The second kappa shape index (κ2) is 15.2. The van der Waals surface area contributed by atoms with Crippen molar-refractivity contribution in [2.75, 3.05) is 13.7 Å². The lowest BCUT2D eigenvalue weighted by atomic mass is 9.88. The number of amides is 4. The van der Waals surface area contributed by atoms with Crippen LogP contribution in [-0.4, -0.2) is 101 Å². The van der Waals surface area contributed by atoms with Crippen LogP contribution in [-0.2, 0) is 29.1 Å². The largest absolute Gasteiger partial charge is 0.497 e. The molecule has 312 valence electrons. The molecule has 3 fully saturated rings. The van der Waals surface area contributed by atoms with Gasteiger partial charge in [0, 0.05) is 23.8 Å². The summed E-state index contributed by atoms with van der Waals surface area (Å²) in [6.07, 6.45) is 0.0150. The van der Waals surface area contributed by atoms with Gasteiger partial charge in [0.25, 0.3) is 5.91 Å². The summed E-state index contributed by atoms with van der Waals surface area (Å²) in [4.78, 5) is 57.3. The van der Waals surface area contributed by atoms with Crippen LogP contribution in [0.25, 0.3) is 10.9 Å². The summed E-state index contributed by atoms with van der Waals surface area (Å²) in [5.41, 5.74) is -4.09. The minimum absolute atomic E-state index is 0.0393. The normalized spacial score (nSPS) is 29.7. The number of fused-ring (bicyclic) bond motifs is 3. The first kappa shape index (κ1) is 41.9. The molecule has 2 aromatic rings. The van der Waals surface area contributed by atoms with Crippen molar-refractivity contribution >= 4 is 44.7 Å². The number of carbonyl (C=O) groups excluding carboxylic acids is 4. The lowest BCUT2D eigenvalue weighted by Gasteiger charge is -2.34. The molecular weight excluding hydrogens is 774 g/mol. The Bertz CT molecular complexity index is 2060. The number of halogens is 3. The highest BCUT2D eigenvalue weighted by Crippen LogP contribution is 2.48. The molecule has 3 N–H and O–H groups in total. The first-order chi connectivity index (χ1) is 26.6. The van der Waals surface area contributed by atoms with E-state index in [9.17, 15) is 40.8 Å². The van der Waals surface area contributed by atoms with Crippen molar-refractivity contribution in [2.45, 2.75) is 120 Å². The number of rotatable bonds is 8. The van der Waals surface area contributed by atoms with Gasteiger partial charge in [0.1, 0.15) is 40.7 Å². The van der Waals surface area contributed by atoms with Gasteiger partial charge in [0.2, 0.25) is 27.4 Å². The van der Waals surface area contributed by atoms with E-state index in [0.29, 0.717) is 62.6 Å². The van der Waals surface area contributed by atoms with Gasteiger partial charge in [-0.1, -0.05) is 26.0 Å². The van der Waals surface area contributed by atoms with E-state index in [0.717, 1.165) is 0 Å². The van der Waals surface area contributed by atoms with Crippen LogP contribution in [0, 0.1) is 17.8 Å². The van der Waals surface area contributed by atoms with Crippen LogP contribution in [0.2, 0.25) is 0 Å². The van der Waals surface area contributed by atoms with E-state index >= 15 is 0 Å². The number of carbonyl (C=O) groups is 4. The van der Waals surface area contributed by atoms with Gasteiger partial charge in [-0.2, -0.15) is 23.4 Å². The van der Waals surface area contributed by atoms with Crippen LogP contribution >= 0.6 is 0 Å². The van der Waals surface area contributed by atoms with Gasteiger partial charge in [0.15, 0.2) is 0 Å². The number of alkyl halides is 3. The monoisotopic (exact) mass is 822 g/mol. The zero-order valence-corrected chi connectivity index (χ0v) is 33.5. The molecule has 6 rings (SSSR count). The molecule has 4 aliphatic rings. The van der Waals surface area contributed by atoms with Gasteiger partial charge in [-0.15, -0.1) is 0 Å². The minimum Gasteiger partial charge on any atom is -0.497 e. The van der Waals surface area contributed by atoms with Gasteiger partial charge in [-0.25, -0.2) is 13.2 Å². The molecule has 7 atom stereocenters. The third-order valence-electron chi connectivity index (χ3n) is 11.7. The predicted molar refractivity (Wildman–Crippen MR) is 199 cm³/mol. The van der Waals surface area contributed by atoms with E-state index in [4.69, 9.17) is 14.2 Å². The van der Waals surface area contributed by atoms with Crippen molar-refractivity contribution in [2.24, 2.45) is 17.8 Å². The fraction of sp³-hybridized carbons (Fsp3) is 0.632. The summed E-state index contributed by atoms with van der Waals surface area (Å²) in [6.45, 7) is 6.31. The fourth-order valence-corrected chi connectivity index (χ4v) is 8.77. The number of ether oxygens (including phenoxy) is 3. The zero-order valence-electron chi connectivity index (χ0n) is 32.6. The van der Waals surface area contributed by atoms with Crippen LogP contribution < -0.4 is 24.8 Å². The standard InChI is InChI=1S/C38H49F3N6O9S/c1-21-9-7-8-10-23-18-37(23,33(50)46-57(52,53)36(5)13-14-36)44-31(48)28-17-25(55-29-19-42-45-27-16-24(54-6)11-12-26(27)29)20-47(28)32(49)30(22(2)15-21)43-34(51)56-35(3,4)38(39,40)41/h8,10-12,16,19,21-23,25,28,30H,7,9,13-15,17-18,20H2,1-6H3,(H,43,51)(H,44,48)(H,46,50)/b10-8-/t21-,22-,23?,25-,28+,30+,37-/m1/s1. The summed E-state index contributed by atoms with van der Waals surface area (Å²) in [5, 5.41) is 13.9.